The number of amides is 1. The average molecular weight is 348 g/mol. The molecule has 1 N–H and O–H groups in total. The van der Waals surface area contributed by atoms with E-state index in [0.717, 1.165) is 30.8 Å². The van der Waals surface area contributed by atoms with E-state index in [2.05, 4.69) is 4.90 Å². The third-order valence-corrected chi connectivity index (χ3v) is 4.96. The van der Waals surface area contributed by atoms with E-state index in [1.165, 1.54) is 0 Å². The lowest BCUT2D eigenvalue weighted by Crippen LogP contribution is -2.55. The van der Waals surface area contributed by atoms with Gasteiger partial charge in [-0.15, -0.1) is 0 Å². The van der Waals surface area contributed by atoms with E-state index in [9.17, 15) is 9.90 Å². The lowest BCUT2D eigenvalue weighted by Gasteiger charge is -2.40. The second-order valence-corrected chi connectivity index (χ2v) is 7.09. The molecule has 0 saturated carbocycles. The molecule has 1 atom stereocenters. The highest BCUT2D eigenvalue weighted by Crippen LogP contribution is 2.24. The van der Waals surface area contributed by atoms with Crippen molar-refractivity contribution in [2.45, 2.75) is 25.4 Å². The summed E-state index contributed by atoms with van der Waals surface area (Å²) in [6, 6.07) is 7.77. The van der Waals surface area contributed by atoms with Crippen LogP contribution in [0, 0.1) is 6.92 Å². The minimum Gasteiger partial charge on any atom is -0.490 e. The Morgan fingerprint density at radius 2 is 2.04 bits per heavy atom. The Kier molecular flexibility index (Phi) is 5.93. The maximum absolute atomic E-state index is 12.6. The molecule has 25 heavy (non-hydrogen) atoms. The molecule has 0 aromatic heterocycles. The standard InChI is InChI=1S/C19H28N2O4/c1-16-5-2-3-6-17(16)25-15-19(23)7-4-8-21(14-19)18(22)13-20-9-11-24-12-10-20/h2-3,5-6,23H,4,7-15H2,1H3/t19-/m0/s1. The highest BCUT2D eigenvalue weighted by atomic mass is 16.5. The van der Waals surface area contributed by atoms with Gasteiger partial charge in [0, 0.05) is 19.6 Å². The number of likely N-dealkylation sites (tertiary alicyclic amines) is 1. The minimum atomic E-state index is -0.985. The van der Waals surface area contributed by atoms with E-state index in [0.29, 0.717) is 39.3 Å². The quantitative estimate of drug-likeness (QED) is 0.862. The number of aliphatic hydroxyl groups is 1. The zero-order valence-electron chi connectivity index (χ0n) is 14.9. The largest absolute Gasteiger partial charge is 0.490 e. The molecule has 0 bridgehead atoms. The Morgan fingerprint density at radius 1 is 1.28 bits per heavy atom. The Morgan fingerprint density at radius 3 is 2.80 bits per heavy atom. The first kappa shape index (κ1) is 18.2. The highest BCUT2D eigenvalue weighted by Gasteiger charge is 2.36. The number of aryl methyl sites for hydroxylation is 1. The van der Waals surface area contributed by atoms with Crippen molar-refractivity contribution < 1.29 is 19.4 Å². The summed E-state index contributed by atoms with van der Waals surface area (Å²) >= 11 is 0. The minimum absolute atomic E-state index is 0.0796. The molecule has 6 nitrogen and oxygen atoms in total. The smallest absolute Gasteiger partial charge is 0.236 e. The monoisotopic (exact) mass is 348 g/mol. The first-order valence-corrected chi connectivity index (χ1v) is 9.04. The van der Waals surface area contributed by atoms with E-state index in [1.54, 1.807) is 4.90 Å². The summed E-state index contributed by atoms with van der Waals surface area (Å²) in [6.07, 6.45) is 1.45. The fraction of sp³-hybridized carbons (Fsp3) is 0.632. The number of ether oxygens (including phenoxy) is 2. The van der Waals surface area contributed by atoms with Crippen molar-refractivity contribution >= 4 is 5.91 Å². The van der Waals surface area contributed by atoms with Gasteiger partial charge in [0.15, 0.2) is 0 Å². The van der Waals surface area contributed by atoms with Crippen LogP contribution in [0.1, 0.15) is 18.4 Å². The molecular formula is C19H28N2O4. The molecule has 2 saturated heterocycles. The third kappa shape index (κ3) is 4.93. The predicted molar refractivity (Wildman–Crippen MR) is 94.7 cm³/mol. The number of rotatable bonds is 5. The number of hydrogen-bond acceptors (Lipinski definition) is 5. The van der Waals surface area contributed by atoms with Crippen LogP contribution in [0.5, 0.6) is 5.75 Å². The molecule has 138 valence electrons. The van der Waals surface area contributed by atoms with Crippen molar-refractivity contribution in [2.24, 2.45) is 0 Å². The van der Waals surface area contributed by atoms with Crippen molar-refractivity contribution in [3.8, 4) is 5.75 Å². The number of nitrogens with zero attached hydrogens (tertiary/aromatic N) is 2. The van der Waals surface area contributed by atoms with Gasteiger partial charge in [-0.3, -0.25) is 9.69 Å². The molecule has 0 radical (unpaired) electrons. The number of morpholine rings is 1. The van der Waals surface area contributed by atoms with Gasteiger partial charge in [-0.2, -0.15) is 0 Å². The first-order valence-electron chi connectivity index (χ1n) is 9.04. The van der Waals surface area contributed by atoms with Crippen LogP contribution in [0.15, 0.2) is 24.3 Å². The van der Waals surface area contributed by atoms with Crippen molar-refractivity contribution in [3.05, 3.63) is 29.8 Å². The van der Waals surface area contributed by atoms with Crippen LogP contribution in [-0.2, 0) is 9.53 Å². The molecule has 0 unspecified atom stereocenters. The predicted octanol–water partition coefficient (Wildman–Crippen LogP) is 1.06. The number of carbonyl (C=O) groups is 1. The molecule has 1 aromatic carbocycles. The lowest BCUT2D eigenvalue weighted by atomic mass is 9.93. The maximum Gasteiger partial charge on any atom is 0.236 e. The molecule has 1 aromatic rings. The van der Waals surface area contributed by atoms with Gasteiger partial charge >= 0.3 is 0 Å². The number of carbonyl (C=O) groups excluding carboxylic acids is 1. The SMILES string of the molecule is Cc1ccccc1OC[C@]1(O)CCCN(C(=O)CN2CCOCC2)C1. The summed E-state index contributed by atoms with van der Waals surface area (Å²) in [4.78, 5) is 16.5. The Bertz CT molecular complexity index is 589. The normalized spacial score (nSPS) is 25.0. The number of para-hydroxylation sites is 1. The summed E-state index contributed by atoms with van der Waals surface area (Å²) in [5.74, 6) is 0.864. The van der Waals surface area contributed by atoms with Crippen LogP contribution < -0.4 is 4.74 Å². The number of piperidine rings is 1. The van der Waals surface area contributed by atoms with Crippen LogP contribution in [0.2, 0.25) is 0 Å². The van der Waals surface area contributed by atoms with E-state index >= 15 is 0 Å². The Hall–Kier alpha value is -1.63. The fourth-order valence-corrected chi connectivity index (χ4v) is 3.42. The number of β-amino-alcohol motifs (C(OH)–C–C–N with tert-alkyl or cyclic N) is 1. The molecule has 2 heterocycles. The molecule has 0 aliphatic carbocycles. The zero-order chi connectivity index (χ0) is 17.7. The van der Waals surface area contributed by atoms with Gasteiger partial charge in [0.1, 0.15) is 18.0 Å². The molecule has 2 fully saturated rings. The molecular weight excluding hydrogens is 320 g/mol. The summed E-state index contributed by atoms with van der Waals surface area (Å²) in [7, 11) is 0. The summed E-state index contributed by atoms with van der Waals surface area (Å²) in [5.41, 5.74) is 0.0587. The summed E-state index contributed by atoms with van der Waals surface area (Å²) in [6.45, 7) is 6.58. The summed E-state index contributed by atoms with van der Waals surface area (Å²) < 4.78 is 11.2. The van der Waals surface area contributed by atoms with Crippen molar-refractivity contribution in [1.82, 2.24) is 9.80 Å². The van der Waals surface area contributed by atoms with Gasteiger partial charge in [0.2, 0.25) is 5.91 Å². The molecule has 2 aliphatic rings. The van der Waals surface area contributed by atoms with Crippen molar-refractivity contribution in [2.75, 3.05) is 52.5 Å². The van der Waals surface area contributed by atoms with Crippen LogP contribution in [0.3, 0.4) is 0 Å². The molecule has 1 amide bonds. The summed E-state index contributed by atoms with van der Waals surface area (Å²) in [5, 5.41) is 10.9. The number of hydrogen-bond donors (Lipinski definition) is 1. The van der Waals surface area contributed by atoms with Gasteiger partial charge in [-0.1, -0.05) is 18.2 Å². The van der Waals surface area contributed by atoms with Gasteiger partial charge in [-0.05, 0) is 31.4 Å². The van der Waals surface area contributed by atoms with E-state index in [-0.39, 0.29) is 12.5 Å². The van der Waals surface area contributed by atoms with E-state index < -0.39 is 5.60 Å². The van der Waals surface area contributed by atoms with Gasteiger partial charge in [-0.25, -0.2) is 0 Å². The average Bonchev–Trinajstić information content (AvgIpc) is 2.62. The Labute approximate surface area is 149 Å². The molecule has 0 spiro atoms. The third-order valence-electron chi connectivity index (χ3n) is 4.96. The second-order valence-electron chi connectivity index (χ2n) is 7.09. The van der Waals surface area contributed by atoms with Crippen LogP contribution in [0.25, 0.3) is 0 Å². The van der Waals surface area contributed by atoms with Crippen LogP contribution >= 0.6 is 0 Å². The van der Waals surface area contributed by atoms with Crippen LogP contribution in [0.4, 0.5) is 0 Å². The highest BCUT2D eigenvalue weighted by molar-refractivity contribution is 5.78. The molecule has 2 aliphatic heterocycles. The van der Waals surface area contributed by atoms with E-state index in [1.807, 2.05) is 31.2 Å². The zero-order valence-corrected chi connectivity index (χ0v) is 14.9. The first-order chi connectivity index (χ1) is 12.1. The Balaban J connectivity index is 1.54. The fourth-order valence-electron chi connectivity index (χ4n) is 3.42. The molecule has 3 rings (SSSR count). The van der Waals surface area contributed by atoms with Crippen LogP contribution in [-0.4, -0.2) is 79.0 Å². The number of benzene rings is 1. The lowest BCUT2D eigenvalue weighted by molar-refractivity contribution is -0.142. The van der Waals surface area contributed by atoms with Gasteiger partial charge in [0.25, 0.3) is 0 Å². The topological polar surface area (TPSA) is 62.2 Å². The van der Waals surface area contributed by atoms with Gasteiger partial charge in [0.05, 0.1) is 26.3 Å². The molecule has 6 heteroatoms. The van der Waals surface area contributed by atoms with Gasteiger partial charge < -0.3 is 19.5 Å². The second kappa shape index (κ2) is 8.17. The van der Waals surface area contributed by atoms with Crippen molar-refractivity contribution in [3.63, 3.8) is 0 Å². The maximum atomic E-state index is 12.6. The van der Waals surface area contributed by atoms with Crippen molar-refractivity contribution in [1.29, 1.82) is 0 Å². The van der Waals surface area contributed by atoms with E-state index in [4.69, 9.17) is 9.47 Å².